The summed E-state index contributed by atoms with van der Waals surface area (Å²) in [7, 11) is 0. The standard InChI is InChI=1S/C13H19BrN2/c1-4-10(3)6-13(16-5-2)11-7-12(14)9-15-8-11/h7-9,13,16H,3-6H2,1-2H3. The maximum Gasteiger partial charge on any atom is 0.0410 e. The van der Waals surface area contributed by atoms with Crippen LogP contribution in [0, 0.1) is 0 Å². The van der Waals surface area contributed by atoms with Gasteiger partial charge in [-0.25, -0.2) is 0 Å². The van der Waals surface area contributed by atoms with Gasteiger partial charge in [0.15, 0.2) is 0 Å². The highest BCUT2D eigenvalue weighted by molar-refractivity contribution is 9.10. The number of halogens is 1. The molecule has 0 bridgehead atoms. The normalized spacial score (nSPS) is 12.4. The zero-order chi connectivity index (χ0) is 12.0. The minimum atomic E-state index is 0.322. The monoisotopic (exact) mass is 282 g/mol. The van der Waals surface area contributed by atoms with Crippen LogP contribution in [0.3, 0.4) is 0 Å². The Morgan fingerprint density at radius 3 is 2.81 bits per heavy atom. The molecule has 1 atom stereocenters. The van der Waals surface area contributed by atoms with E-state index in [1.165, 1.54) is 11.1 Å². The van der Waals surface area contributed by atoms with Gasteiger partial charge >= 0.3 is 0 Å². The molecule has 0 saturated carbocycles. The van der Waals surface area contributed by atoms with Crippen molar-refractivity contribution in [1.82, 2.24) is 10.3 Å². The molecule has 2 nitrogen and oxygen atoms in total. The maximum atomic E-state index is 4.20. The van der Waals surface area contributed by atoms with Crippen LogP contribution in [0.15, 0.2) is 35.1 Å². The van der Waals surface area contributed by atoms with Crippen molar-refractivity contribution in [2.75, 3.05) is 6.54 Å². The van der Waals surface area contributed by atoms with E-state index in [4.69, 9.17) is 0 Å². The first-order chi connectivity index (χ1) is 7.67. The lowest BCUT2D eigenvalue weighted by atomic mass is 10.00. The van der Waals surface area contributed by atoms with Crippen molar-refractivity contribution in [2.24, 2.45) is 0 Å². The Bertz CT molecular complexity index is 350. The molecule has 0 amide bonds. The average Bonchev–Trinajstić information content (AvgIpc) is 2.28. The minimum Gasteiger partial charge on any atom is -0.310 e. The Morgan fingerprint density at radius 2 is 2.25 bits per heavy atom. The first kappa shape index (κ1) is 13.4. The molecule has 0 aliphatic heterocycles. The van der Waals surface area contributed by atoms with Gasteiger partial charge in [0.05, 0.1) is 0 Å². The van der Waals surface area contributed by atoms with Gasteiger partial charge in [0.1, 0.15) is 0 Å². The highest BCUT2D eigenvalue weighted by Gasteiger charge is 2.11. The second-order valence-corrected chi connectivity index (χ2v) is 4.77. The van der Waals surface area contributed by atoms with Gasteiger partial charge in [-0.3, -0.25) is 4.98 Å². The summed E-state index contributed by atoms with van der Waals surface area (Å²) < 4.78 is 1.02. The van der Waals surface area contributed by atoms with E-state index in [1.807, 2.05) is 6.20 Å². The van der Waals surface area contributed by atoms with Gasteiger partial charge in [-0.05, 0) is 46.9 Å². The number of pyridine rings is 1. The van der Waals surface area contributed by atoms with E-state index >= 15 is 0 Å². The average molecular weight is 283 g/mol. The van der Waals surface area contributed by atoms with E-state index in [-0.39, 0.29) is 0 Å². The van der Waals surface area contributed by atoms with Crippen LogP contribution in [-0.4, -0.2) is 11.5 Å². The maximum absolute atomic E-state index is 4.20. The predicted molar refractivity (Wildman–Crippen MR) is 72.4 cm³/mol. The van der Waals surface area contributed by atoms with E-state index in [2.05, 4.69) is 52.7 Å². The van der Waals surface area contributed by atoms with E-state index < -0.39 is 0 Å². The molecular formula is C13H19BrN2. The molecular weight excluding hydrogens is 264 g/mol. The van der Waals surface area contributed by atoms with Gasteiger partial charge in [0, 0.05) is 22.9 Å². The Balaban J connectivity index is 2.80. The fraction of sp³-hybridized carbons (Fsp3) is 0.462. The number of rotatable bonds is 6. The zero-order valence-electron chi connectivity index (χ0n) is 9.96. The van der Waals surface area contributed by atoms with Crippen molar-refractivity contribution < 1.29 is 0 Å². The molecule has 0 fully saturated rings. The number of nitrogens with zero attached hydrogens (tertiary/aromatic N) is 1. The number of hydrogen-bond donors (Lipinski definition) is 1. The Labute approximate surface area is 106 Å². The minimum absolute atomic E-state index is 0.322. The van der Waals surface area contributed by atoms with Crippen molar-refractivity contribution in [1.29, 1.82) is 0 Å². The van der Waals surface area contributed by atoms with Gasteiger partial charge in [-0.15, -0.1) is 0 Å². The number of nitrogens with one attached hydrogen (secondary N) is 1. The lowest BCUT2D eigenvalue weighted by Crippen LogP contribution is -2.21. The van der Waals surface area contributed by atoms with Crippen LogP contribution >= 0.6 is 15.9 Å². The van der Waals surface area contributed by atoms with E-state index in [0.29, 0.717) is 6.04 Å². The molecule has 0 aliphatic carbocycles. The summed E-state index contributed by atoms with van der Waals surface area (Å²) in [6.45, 7) is 9.29. The van der Waals surface area contributed by atoms with E-state index in [1.54, 1.807) is 6.20 Å². The molecule has 88 valence electrons. The molecule has 1 heterocycles. The Kier molecular flexibility index (Phi) is 5.71. The molecule has 1 aromatic heterocycles. The molecule has 0 radical (unpaired) electrons. The third kappa shape index (κ3) is 4.06. The Hall–Kier alpha value is -0.670. The van der Waals surface area contributed by atoms with Crippen molar-refractivity contribution in [2.45, 2.75) is 32.7 Å². The summed E-state index contributed by atoms with van der Waals surface area (Å²) in [6, 6.07) is 2.44. The van der Waals surface area contributed by atoms with Crippen molar-refractivity contribution in [3.63, 3.8) is 0 Å². The smallest absolute Gasteiger partial charge is 0.0410 e. The molecule has 16 heavy (non-hydrogen) atoms. The number of aromatic nitrogens is 1. The lowest BCUT2D eigenvalue weighted by molar-refractivity contribution is 0.541. The van der Waals surface area contributed by atoms with Gasteiger partial charge < -0.3 is 5.32 Å². The summed E-state index contributed by atoms with van der Waals surface area (Å²) in [6.07, 6.45) is 5.73. The van der Waals surface area contributed by atoms with Gasteiger partial charge in [0.25, 0.3) is 0 Å². The second-order valence-electron chi connectivity index (χ2n) is 3.85. The van der Waals surface area contributed by atoms with Crippen molar-refractivity contribution in [3.05, 3.63) is 40.6 Å². The highest BCUT2D eigenvalue weighted by atomic mass is 79.9. The van der Waals surface area contributed by atoms with Crippen LogP contribution in [0.5, 0.6) is 0 Å². The second kappa shape index (κ2) is 6.81. The molecule has 1 aromatic rings. The zero-order valence-corrected chi connectivity index (χ0v) is 11.5. The molecule has 0 aromatic carbocycles. The van der Waals surface area contributed by atoms with Crippen LogP contribution in [0.4, 0.5) is 0 Å². The highest BCUT2D eigenvalue weighted by Crippen LogP contribution is 2.23. The molecule has 0 aliphatic rings. The van der Waals surface area contributed by atoms with Crippen LogP contribution in [0.25, 0.3) is 0 Å². The Morgan fingerprint density at radius 1 is 1.50 bits per heavy atom. The molecule has 1 rings (SSSR count). The summed E-state index contributed by atoms with van der Waals surface area (Å²) in [5.41, 5.74) is 2.48. The number of hydrogen-bond acceptors (Lipinski definition) is 2. The third-order valence-corrected chi connectivity index (χ3v) is 3.01. The van der Waals surface area contributed by atoms with E-state index in [0.717, 1.165) is 23.9 Å². The lowest BCUT2D eigenvalue weighted by Gasteiger charge is -2.19. The quantitative estimate of drug-likeness (QED) is 0.802. The van der Waals surface area contributed by atoms with Gasteiger partial charge in [-0.1, -0.05) is 26.0 Å². The van der Waals surface area contributed by atoms with Crippen LogP contribution < -0.4 is 5.32 Å². The van der Waals surface area contributed by atoms with Crippen molar-refractivity contribution in [3.8, 4) is 0 Å². The first-order valence-electron chi connectivity index (χ1n) is 5.67. The third-order valence-electron chi connectivity index (χ3n) is 2.57. The summed E-state index contributed by atoms with van der Waals surface area (Å²) in [4.78, 5) is 4.20. The SMILES string of the molecule is C=C(CC)CC(NCC)c1cncc(Br)c1. The summed E-state index contributed by atoms with van der Waals surface area (Å²) in [5.74, 6) is 0. The van der Waals surface area contributed by atoms with Crippen LogP contribution in [0.1, 0.15) is 38.3 Å². The van der Waals surface area contributed by atoms with Gasteiger partial charge in [-0.2, -0.15) is 0 Å². The fourth-order valence-corrected chi connectivity index (χ4v) is 1.99. The largest absolute Gasteiger partial charge is 0.310 e. The summed E-state index contributed by atoms with van der Waals surface area (Å²) >= 11 is 3.45. The van der Waals surface area contributed by atoms with Gasteiger partial charge in [0.2, 0.25) is 0 Å². The van der Waals surface area contributed by atoms with Crippen LogP contribution in [-0.2, 0) is 0 Å². The molecule has 1 unspecified atom stereocenters. The first-order valence-corrected chi connectivity index (χ1v) is 6.47. The molecule has 0 saturated heterocycles. The van der Waals surface area contributed by atoms with Crippen LogP contribution in [0.2, 0.25) is 0 Å². The topological polar surface area (TPSA) is 24.9 Å². The predicted octanol–water partition coefficient (Wildman–Crippen LogP) is 3.85. The fourth-order valence-electron chi connectivity index (χ4n) is 1.61. The molecule has 3 heteroatoms. The molecule has 1 N–H and O–H groups in total. The van der Waals surface area contributed by atoms with E-state index in [9.17, 15) is 0 Å². The van der Waals surface area contributed by atoms with Crippen molar-refractivity contribution >= 4 is 15.9 Å². The molecule has 0 spiro atoms. The summed E-state index contributed by atoms with van der Waals surface area (Å²) in [5, 5.41) is 3.47.